The molecule has 0 aromatic carbocycles. The summed E-state index contributed by atoms with van der Waals surface area (Å²) in [5.74, 6) is 0.109. The number of hydrogen-bond acceptors (Lipinski definition) is 3. The first kappa shape index (κ1) is 12.8. The van der Waals surface area contributed by atoms with E-state index in [1.807, 2.05) is 0 Å². The second-order valence-corrected chi connectivity index (χ2v) is 3.79. The lowest BCUT2D eigenvalue weighted by Crippen LogP contribution is -2.56. The summed E-state index contributed by atoms with van der Waals surface area (Å²) in [5, 5.41) is 15.2. The Hall–Kier alpha value is -1.30. The van der Waals surface area contributed by atoms with Crippen LogP contribution in [0.2, 0.25) is 0 Å². The van der Waals surface area contributed by atoms with E-state index < -0.39 is 6.04 Å². The minimum atomic E-state index is -0.451. The minimum absolute atomic E-state index is 0.0600. The third-order valence-corrected chi connectivity index (χ3v) is 2.48. The van der Waals surface area contributed by atoms with Gasteiger partial charge in [0.15, 0.2) is 0 Å². The zero-order valence-corrected chi connectivity index (χ0v) is 9.56. The van der Waals surface area contributed by atoms with Crippen LogP contribution in [0.5, 0.6) is 0 Å². The number of halogens is 1. The molecule has 0 aliphatic carbocycles. The highest BCUT2D eigenvalue weighted by Crippen LogP contribution is 2.00. The Kier molecular flexibility index (Phi) is 5.04. The highest BCUT2D eigenvalue weighted by molar-refractivity contribution is 6.27. The summed E-state index contributed by atoms with van der Waals surface area (Å²) in [6.07, 6.45) is 1.25. The van der Waals surface area contributed by atoms with E-state index in [1.165, 1.54) is 0 Å². The lowest BCUT2D eigenvalue weighted by Gasteiger charge is -2.23. The van der Waals surface area contributed by atoms with Crippen LogP contribution in [0.25, 0.3) is 0 Å². The summed E-state index contributed by atoms with van der Waals surface area (Å²) >= 11 is 5.41. The number of rotatable bonds is 5. The molecule has 0 bridgehead atoms. The molecule has 1 rings (SSSR count). The first-order valence-electron chi connectivity index (χ1n) is 5.08. The molecule has 0 radical (unpaired) electrons. The zero-order chi connectivity index (χ0) is 12.0. The maximum absolute atomic E-state index is 11.3. The van der Waals surface area contributed by atoms with Gasteiger partial charge in [-0.1, -0.05) is 0 Å². The molecule has 1 fully saturated rings. The van der Waals surface area contributed by atoms with Gasteiger partial charge >= 0.3 is 0 Å². The number of piperazine rings is 1. The fraction of sp³-hybridized carbons (Fsp3) is 0.667. The molecule has 1 heterocycles. The van der Waals surface area contributed by atoms with Crippen molar-refractivity contribution in [2.24, 2.45) is 0 Å². The van der Waals surface area contributed by atoms with Crippen molar-refractivity contribution in [2.75, 3.05) is 19.0 Å². The summed E-state index contributed by atoms with van der Waals surface area (Å²) in [7, 11) is 0. The molecule has 0 saturated carbocycles. The van der Waals surface area contributed by atoms with Gasteiger partial charge in [0.25, 0.3) is 0 Å². The Morgan fingerprint density at radius 1 is 1.56 bits per heavy atom. The van der Waals surface area contributed by atoms with E-state index in [2.05, 4.69) is 16.0 Å². The molecule has 1 aliphatic rings. The topological polar surface area (TPSA) is 94.1 Å². The van der Waals surface area contributed by atoms with Gasteiger partial charge < -0.3 is 16.0 Å². The smallest absolute Gasteiger partial charge is 0.243 e. The van der Waals surface area contributed by atoms with Gasteiger partial charge in [-0.25, -0.2) is 0 Å². The largest absolute Gasteiger partial charge is 0.373 e. The summed E-state index contributed by atoms with van der Waals surface area (Å²) in [6, 6.07) is -0.451. The van der Waals surface area contributed by atoms with Gasteiger partial charge in [0.05, 0.1) is 12.4 Å². The molecule has 0 spiro atoms. The third-order valence-electron chi connectivity index (χ3n) is 2.22. The van der Waals surface area contributed by atoms with Crippen LogP contribution in [0.3, 0.4) is 0 Å². The van der Waals surface area contributed by atoms with Crippen molar-refractivity contribution >= 4 is 29.3 Å². The molecule has 0 aromatic rings. The van der Waals surface area contributed by atoms with E-state index >= 15 is 0 Å². The fourth-order valence-corrected chi connectivity index (χ4v) is 1.49. The van der Waals surface area contributed by atoms with Gasteiger partial charge in [-0.3, -0.25) is 15.0 Å². The molecule has 7 heteroatoms. The monoisotopic (exact) mass is 246 g/mol. The van der Waals surface area contributed by atoms with Crippen molar-refractivity contribution in [3.8, 4) is 0 Å². The molecule has 0 unspecified atom stereocenters. The van der Waals surface area contributed by atoms with Crippen LogP contribution in [-0.2, 0) is 9.59 Å². The summed E-state index contributed by atoms with van der Waals surface area (Å²) in [6.45, 7) is 0.635. The Labute approximate surface area is 98.6 Å². The number of carbonyl (C=O) groups is 2. The maximum atomic E-state index is 11.3. The van der Waals surface area contributed by atoms with E-state index in [0.29, 0.717) is 19.4 Å². The molecule has 0 aromatic heterocycles. The molecule has 6 nitrogen and oxygen atoms in total. The van der Waals surface area contributed by atoms with Crippen molar-refractivity contribution < 1.29 is 9.59 Å². The van der Waals surface area contributed by atoms with Crippen molar-refractivity contribution in [3.63, 3.8) is 0 Å². The van der Waals surface area contributed by atoms with Crippen molar-refractivity contribution in [2.45, 2.75) is 18.9 Å². The first-order chi connectivity index (χ1) is 7.63. The van der Waals surface area contributed by atoms with Gasteiger partial charge in [0.2, 0.25) is 11.8 Å². The SMILES string of the molecule is N=C(CCl)NCCC[C@@H]1NC(=O)CNC1=O. The Morgan fingerprint density at radius 2 is 2.31 bits per heavy atom. The zero-order valence-electron chi connectivity index (χ0n) is 8.81. The average molecular weight is 247 g/mol. The fourth-order valence-electron chi connectivity index (χ4n) is 1.40. The molecule has 2 amide bonds. The molecule has 1 saturated heterocycles. The quantitative estimate of drug-likeness (QED) is 0.221. The van der Waals surface area contributed by atoms with Crippen LogP contribution in [0, 0.1) is 5.41 Å². The van der Waals surface area contributed by atoms with Crippen LogP contribution in [0.4, 0.5) is 0 Å². The number of alkyl halides is 1. The number of nitrogens with one attached hydrogen (secondary N) is 4. The van der Waals surface area contributed by atoms with Gasteiger partial charge in [0, 0.05) is 6.54 Å². The van der Waals surface area contributed by atoms with Gasteiger partial charge in [-0.05, 0) is 12.8 Å². The van der Waals surface area contributed by atoms with Crippen LogP contribution < -0.4 is 16.0 Å². The van der Waals surface area contributed by atoms with Crippen LogP contribution in [0.1, 0.15) is 12.8 Å². The Bertz CT molecular complexity index is 295. The van der Waals surface area contributed by atoms with E-state index in [1.54, 1.807) is 0 Å². The van der Waals surface area contributed by atoms with Crippen molar-refractivity contribution in [3.05, 3.63) is 0 Å². The lowest BCUT2D eigenvalue weighted by molar-refractivity contribution is -0.133. The lowest BCUT2D eigenvalue weighted by atomic mass is 10.1. The molecule has 1 atom stereocenters. The van der Waals surface area contributed by atoms with Gasteiger partial charge in [0.1, 0.15) is 11.9 Å². The first-order valence-corrected chi connectivity index (χ1v) is 5.61. The number of carbonyl (C=O) groups excluding carboxylic acids is 2. The Morgan fingerprint density at radius 3 is 3.00 bits per heavy atom. The van der Waals surface area contributed by atoms with Crippen LogP contribution in [0.15, 0.2) is 0 Å². The summed E-state index contributed by atoms with van der Waals surface area (Å²) in [4.78, 5) is 22.3. The maximum Gasteiger partial charge on any atom is 0.243 e. The van der Waals surface area contributed by atoms with Gasteiger partial charge in [-0.15, -0.1) is 11.6 Å². The van der Waals surface area contributed by atoms with Crippen molar-refractivity contribution in [1.29, 1.82) is 5.41 Å². The van der Waals surface area contributed by atoms with E-state index in [9.17, 15) is 9.59 Å². The number of amidine groups is 1. The highest BCUT2D eigenvalue weighted by atomic mass is 35.5. The molecular weight excluding hydrogens is 232 g/mol. The summed E-state index contributed by atoms with van der Waals surface area (Å²) in [5.41, 5.74) is 0. The van der Waals surface area contributed by atoms with Crippen LogP contribution >= 0.6 is 11.6 Å². The number of hydrogen-bond donors (Lipinski definition) is 4. The third kappa shape index (κ3) is 4.06. The average Bonchev–Trinajstić information content (AvgIpc) is 2.28. The van der Waals surface area contributed by atoms with E-state index in [-0.39, 0.29) is 30.1 Å². The molecular formula is C9H15ClN4O2. The van der Waals surface area contributed by atoms with Gasteiger partial charge in [-0.2, -0.15) is 0 Å². The number of amides is 2. The standard InChI is InChI=1S/C9H15ClN4O2/c10-4-7(11)12-3-1-2-6-9(16)13-5-8(15)14-6/h6H,1-5H2,(H2,11,12)(H,13,16)(H,14,15)/t6-/m0/s1. The Balaban J connectivity index is 2.18. The molecule has 4 N–H and O–H groups in total. The predicted octanol–water partition coefficient (Wildman–Crippen LogP) is -0.813. The minimum Gasteiger partial charge on any atom is -0.373 e. The summed E-state index contributed by atoms with van der Waals surface area (Å²) < 4.78 is 0. The molecule has 1 aliphatic heterocycles. The second kappa shape index (κ2) is 6.32. The van der Waals surface area contributed by atoms with Crippen LogP contribution in [-0.4, -0.2) is 42.7 Å². The van der Waals surface area contributed by atoms with E-state index in [0.717, 1.165) is 0 Å². The second-order valence-electron chi connectivity index (χ2n) is 3.52. The van der Waals surface area contributed by atoms with Crippen molar-refractivity contribution in [1.82, 2.24) is 16.0 Å². The molecule has 16 heavy (non-hydrogen) atoms. The normalized spacial score (nSPS) is 19.9. The molecule has 90 valence electrons. The van der Waals surface area contributed by atoms with E-state index in [4.69, 9.17) is 17.0 Å². The highest BCUT2D eigenvalue weighted by Gasteiger charge is 2.24. The predicted molar refractivity (Wildman–Crippen MR) is 60.6 cm³/mol.